The van der Waals surface area contributed by atoms with E-state index in [2.05, 4.69) is 4.98 Å². The maximum absolute atomic E-state index is 14.6. The van der Waals surface area contributed by atoms with Gasteiger partial charge in [0, 0.05) is 24.7 Å². The number of nitrogens with zero attached hydrogens (tertiary/aromatic N) is 3. The lowest BCUT2D eigenvalue weighted by Gasteiger charge is -2.19. The van der Waals surface area contributed by atoms with E-state index in [0.29, 0.717) is 0 Å². The minimum Gasteiger partial charge on any atom is -0.477 e. The number of anilines is 1. The molecule has 2 aromatic heterocycles. The fraction of sp³-hybridized carbons (Fsp3) is 0.471. The Hall–Kier alpha value is -2.26. The maximum Gasteiger partial charge on any atom is 0.341 e. The van der Waals surface area contributed by atoms with E-state index in [1.165, 1.54) is 11.1 Å². The topological polar surface area (TPSA) is 101 Å². The van der Waals surface area contributed by atoms with Crippen molar-refractivity contribution < 1.29 is 18.7 Å². The summed E-state index contributed by atoms with van der Waals surface area (Å²) in [5.74, 6) is -2.56. The Morgan fingerprint density at radius 1 is 1.37 bits per heavy atom. The molecular formula is C17H19ClF2N4O3. The molecule has 27 heavy (non-hydrogen) atoms. The molecule has 1 aliphatic carbocycles. The number of hydrogen-bond donors (Lipinski definition) is 2. The standard InChI is InChI=1S/C17H18F2N4O3.ClH/c18-12-3-10-14(24)11(17(25)26)6-23(9-1-2-9)15(10)21-16(12)22-5-8(4-20)13(19)7-22;/h3,6,8-9,13H,1-2,4-5,7,20H2,(H,25,26);1H/t8-,13+;/m0./s1. The van der Waals surface area contributed by atoms with Crippen molar-refractivity contribution in [1.82, 2.24) is 9.55 Å². The molecule has 2 atom stereocenters. The monoisotopic (exact) mass is 400 g/mol. The number of halogens is 3. The molecule has 0 bridgehead atoms. The fourth-order valence-corrected chi connectivity index (χ4v) is 3.47. The minimum atomic E-state index is -1.36. The third-order valence-electron chi connectivity index (χ3n) is 5.07. The van der Waals surface area contributed by atoms with Gasteiger partial charge in [-0.15, -0.1) is 12.4 Å². The first-order valence-corrected chi connectivity index (χ1v) is 8.48. The van der Waals surface area contributed by atoms with Crippen molar-refractivity contribution >= 4 is 35.2 Å². The molecule has 3 N–H and O–H groups in total. The Morgan fingerprint density at radius 2 is 2.07 bits per heavy atom. The van der Waals surface area contributed by atoms with Crippen LogP contribution in [-0.4, -0.2) is 46.4 Å². The molecule has 0 radical (unpaired) electrons. The van der Waals surface area contributed by atoms with Crippen LogP contribution in [0.25, 0.3) is 11.0 Å². The van der Waals surface area contributed by atoms with Crippen molar-refractivity contribution in [2.75, 3.05) is 24.5 Å². The molecule has 1 aliphatic heterocycles. The summed E-state index contributed by atoms with van der Waals surface area (Å²) in [5.41, 5.74) is 4.59. The molecule has 2 aliphatic rings. The average molecular weight is 401 g/mol. The molecule has 0 amide bonds. The van der Waals surface area contributed by atoms with Crippen molar-refractivity contribution in [3.63, 3.8) is 0 Å². The van der Waals surface area contributed by atoms with Crippen LogP contribution in [0.3, 0.4) is 0 Å². The number of carbonyl (C=O) groups is 1. The molecular weight excluding hydrogens is 382 g/mol. The van der Waals surface area contributed by atoms with Crippen molar-refractivity contribution in [2.24, 2.45) is 11.7 Å². The van der Waals surface area contributed by atoms with Gasteiger partial charge in [-0.1, -0.05) is 0 Å². The summed E-state index contributed by atoms with van der Waals surface area (Å²) in [5, 5.41) is 9.17. The molecule has 7 nitrogen and oxygen atoms in total. The number of rotatable bonds is 4. The lowest BCUT2D eigenvalue weighted by atomic mass is 10.1. The van der Waals surface area contributed by atoms with Gasteiger partial charge in [0.15, 0.2) is 11.6 Å². The van der Waals surface area contributed by atoms with Gasteiger partial charge in [0.1, 0.15) is 17.4 Å². The zero-order valence-corrected chi connectivity index (χ0v) is 15.1. The van der Waals surface area contributed by atoms with Crippen LogP contribution in [0.5, 0.6) is 0 Å². The average Bonchev–Trinajstić information content (AvgIpc) is 3.37. The smallest absolute Gasteiger partial charge is 0.341 e. The minimum absolute atomic E-state index is 0. The van der Waals surface area contributed by atoms with E-state index in [-0.39, 0.29) is 54.9 Å². The molecule has 0 aromatic carbocycles. The number of carboxylic acid groups (broad SMARTS) is 1. The largest absolute Gasteiger partial charge is 0.477 e. The summed E-state index contributed by atoms with van der Waals surface area (Å²) in [6.45, 7) is 0.383. The summed E-state index contributed by atoms with van der Waals surface area (Å²) in [6.07, 6.45) is 1.76. The summed E-state index contributed by atoms with van der Waals surface area (Å²) in [6, 6.07) is 1.04. The normalized spacial score (nSPS) is 22.1. The van der Waals surface area contributed by atoms with Crippen LogP contribution in [0.4, 0.5) is 14.6 Å². The fourth-order valence-electron chi connectivity index (χ4n) is 3.47. The van der Waals surface area contributed by atoms with Gasteiger partial charge >= 0.3 is 5.97 Å². The predicted molar refractivity (Wildman–Crippen MR) is 98.1 cm³/mol. The lowest BCUT2D eigenvalue weighted by molar-refractivity contribution is 0.0695. The Labute approximate surface area is 159 Å². The van der Waals surface area contributed by atoms with Crippen LogP contribution in [0.1, 0.15) is 29.2 Å². The highest BCUT2D eigenvalue weighted by Gasteiger charge is 2.35. The second kappa shape index (κ2) is 7.05. The van der Waals surface area contributed by atoms with Gasteiger partial charge in [-0.3, -0.25) is 4.79 Å². The third kappa shape index (κ3) is 3.25. The molecule has 0 unspecified atom stereocenters. The highest BCUT2D eigenvalue weighted by molar-refractivity contribution is 5.92. The highest BCUT2D eigenvalue weighted by atomic mass is 35.5. The number of carboxylic acids is 1. The summed E-state index contributed by atoms with van der Waals surface area (Å²) in [4.78, 5) is 29.5. The molecule has 0 spiro atoms. The molecule has 2 fully saturated rings. The van der Waals surface area contributed by atoms with Crippen LogP contribution in [0.15, 0.2) is 17.1 Å². The summed E-state index contributed by atoms with van der Waals surface area (Å²) < 4.78 is 30.3. The van der Waals surface area contributed by atoms with E-state index in [4.69, 9.17) is 5.73 Å². The summed E-state index contributed by atoms with van der Waals surface area (Å²) >= 11 is 0. The van der Waals surface area contributed by atoms with E-state index < -0.39 is 34.9 Å². The van der Waals surface area contributed by atoms with Gasteiger partial charge in [-0.05, 0) is 25.5 Å². The predicted octanol–water partition coefficient (Wildman–Crippen LogP) is 1.72. The second-order valence-electron chi connectivity index (χ2n) is 6.90. The number of alkyl halides is 1. The number of aromatic carboxylic acids is 1. The van der Waals surface area contributed by atoms with Gasteiger partial charge in [-0.2, -0.15) is 0 Å². The van der Waals surface area contributed by atoms with E-state index in [9.17, 15) is 23.5 Å². The first-order valence-electron chi connectivity index (χ1n) is 8.48. The zero-order valence-electron chi connectivity index (χ0n) is 14.3. The van der Waals surface area contributed by atoms with Gasteiger partial charge in [-0.25, -0.2) is 18.6 Å². The Kier molecular flexibility index (Phi) is 5.09. The van der Waals surface area contributed by atoms with Crippen LogP contribution in [-0.2, 0) is 0 Å². The van der Waals surface area contributed by atoms with Crippen molar-refractivity contribution in [1.29, 1.82) is 0 Å². The van der Waals surface area contributed by atoms with Crippen LogP contribution in [0.2, 0.25) is 0 Å². The van der Waals surface area contributed by atoms with Gasteiger partial charge in [0.2, 0.25) is 5.43 Å². The second-order valence-corrected chi connectivity index (χ2v) is 6.90. The van der Waals surface area contributed by atoms with Gasteiger partial charge < -0.3 is 20.3 Å². The quantitative estimate of drug-likeness (QED) is 0.810. The number of fused-ring (bicyclic) bond motifs is 1. The first kappa shape index (κ1) is 19.5. The molecule has 2 aromatic rings. The Morgan fingerprint density at radius 3 is 2.63 bits per heavy atom. The lowest BCUT2D eigenvalue weighted by Crippen LogP contribution is -2.26. The van der Waals surface area contributed by atoms with Crippen LogP contribution < -0.4 is 16.1 Å². The molecule has 4 rings (SSSR count). The summed E-state index contributed by atoms with van der Waals surface area (Å²) in [7, 11) is 0. The zero-order chi connectivity index (χ0) is 18.6. The van der Waals surface area contributed by atoms with Gasteiger partial charge in [0.05, 0.1) is 11.9 Å². The van der Waals surface area contributed by atoms with Crippen LogP contribution in [0, 0.1) is 11.7 Å². The first-order chi connectivity index (χ1) is 12.4. The molecule has 10 heteroatoms. The molecule has 1 saturated carbocycles. The van der Waals surface area contributed by atoms with E-state index in [0.717, 1.165) is 18.9 Å². The number of aromatic nitrogens is 2. The SMILES string of the molecule is Cl.NC[C@H]1CN(c2nc3c(cc2F)c(=O)c(C(=O)O)cn3C2CC2)C[C@H]1F. The molecule has 3 heterocycles. The van der Waals surface area contributed by atoms with Crippen molar-refractivity contribution in [2.45, 2.75) is 25.1 Å². The van der Waals surface area contributed by atoms with Crippen LogP contribution >= 0.6 is 12.4 Å². The molecule has 1 saturated heterocycles. The van der Waals surface area contributed by atoms with Crippen molar-refractivity contribution in [3.8, 4) is 0 Å². The third-order valence-corrected chi connectivity index (χ3v) is 5.07. The number of nitrogens with two attached hydrogens (primary N) is 1. The molecule has 146 valence electrons. The van der Waals surface area contributed by atoms with E-state index >= 15 is 0 Å². The Balaban J connectivity index is 0.00000210. The highest BCUT2D eigenvalue weighted by Crippen LogP contribution is 2.37. The van der Waals surface area contributed by atoms with E-state index in [1.807, 2.05) is 0 Å². The number of hydrogen-bond acceptors (Lipinski definition) is 5. The van der Waals surface area contributed by atoms with Crippen molar-refractivity contribution in [3.05, 3.63) is 33.9 Å². The Bertz CT molecular complexity index is 963. The number of pyridine rings is 2. The maximum atomic E-state index is 14.6. The van der Waals surface area contributed by atoms with E-state index in [1.54, 1.807) is 4.57 Å². The van der Waals surface area contributed by atoms with Gasteiger partial charge in [0.25, 0.3) is 0 Å².